The lowest BCUT2D eigenvalue weighted by Gasteiger charge is -2.23. The summed E-state index contributed by atoms with van der Waals surface area (Å²) in [5.41, 5.74) is 0. The molecule has 2 aliphatic rings. The molecule has 98 valence electrons. The van der Waals surface area contributed by atoms with Crippen LogP contribution in [0.25, 0.3) is 0 Å². The molecule has 0 aromatic rings. The second kappa shape index (κ2) is 6.10. The zero-order chi connectivity index (χ0) is 12.1. The molecule has 1 aliphatic heterocycles. The maximum Gasteiger partial charge on any atom is 0.234 e. The van der Waals surface area contributed by atoms with Gasteiger partial charge in [-0.15, -0.1) is 0 Å². The number of amides is 1. The maximum absolute atomic E-state index is 11.7. The largest absolute Gasteiger partial charge is 0.352 e. The minimum absolute atomic E-state index is 0.170. The van der Waals surface area contributed by atoms with Crippen LogP contribution in [-0.4, -0.2) is 35.5 Å². The van der Waals surface area contributed by atoms with Gasteiger partial charge in [0.15, 0.2) is 0 Å². The quantitative estimate of drug-likeness (QED) is 0.789. The number of carbonyl (C=O) groups excluding carboxylic acids is 1. The molecule has 17 heavy (non-hydrogen) atoms. The van der Waals surface area contributed by atoms with E-state index >= 15 is 0 Å². The van der Waals surface area contributed by atoms with Crippen molar-refractivity contribution in [1.82, 2.24) is 10.6 Å². The van der Waals surface area contributed by atoms with Crippen molar-refractivity contribution in [3.63, 3.8) is 0 Å². The van der Waals surface area contributed by atoms with Crippen LogP contribution >= 0.6 is 11.8 Å². The van der Waals surface area contributed by atoms with Crippen molar-refractivity contribution in [3.8, 4) is 0 Å². The first kappa shape index (κ1) is 13.2. The van der Waals surface area contributed by atoms with Gasteiger partial charge < -0.3 is 10.6 Å². The fourth-order valence-corrected chi connectivity index (χ4v) is 4.04. The van der Waals surface area contributed by atoms with Crippen molar-refractivity contribution < 1.29 is 4.79 Å². The van der Waals surface area contributed by atoms with Gasteiger partial charge in [-0.25, -0.2) is 0 Å². The molecule has 0 radical (unpaired) electrons. The molecule has 2 fully saturated rings. The van der Waals surface area contributed by atoms with Crippen molar-refractivity contribution in [2.24, 2.45) is 0 Å². The van der Waals surface area contributed by atoms with Crippen molar-refractivity contribution in [1.29, 1.82) is 0 Å². The van der Waals surface area contributed by atoms with Crippen LogP contribution in [0.15, 0.2) is 0 Å². The van der Waals surface area contributed by atoms with Crippen LogP contribution in [0.1, 0.15) is 45.4 Å². The molecule has 2 N–H and O–H groups in total. The molecule has 0 aromatic carbocycles. The minimum atomic E-state index is 0.170. The maximum atomic E-state index is 11.7. The molecule has 0 bridgehead atoms. The number of thioether (sulfide) groups is 1. The summed E-state index contributed by atoms with van der Waals surface area (Å²) < 4.78 is 0.355. The number of rotatable bonds is 5. The highest BCUT2D eigenvalue weighted by atomic mass is 32.2. The Hall–Kier alpha value is -0.220. The average Bonchev–Trinajstić information content (AvgIpc) is 2.90. The Kier molecular flexibility index (Phi) is 4.74. The Balaban J connectivity index is 1.59. The molecule has 1 saturated carbocycles. The third-order valence-electron chi connectivity index (χ3n) is 3.81. The first-order valence-corrected chi connectivity index (χ1v) is 7.81. The number of hydrogen-bond donors (Lipinski definition) is 2. The molecule has 1 unspecified atom stereocenters. The summed E-state index contributed by atoms with van der Waals surface area (Å²) in [5, 5.41) is 6.42. The second-order valence-corrected chi connectivity index (χ2v) is 7.24. The van der Waals surface area contributed by atoms with Crippen LogP contribution in [0.4, 0.5) is 0 Å². The zero-order valence-electron chi connectivity index (χ0n) is 10.8. The molecule has 1 aliphatic carbocycles. The summed E-state index contributed by atoms with van der Waals surface area (Å²) >= 11 is 2.04. The fourth-order valence-electron chi connectivity index (χ4n) is 2.77. The van der Waals surface area contributed by atoms with Gasteiger partial charge in [-0.05, 0) is 38.4 Å². The Morgan fingerprint density at radius 2 is 2.12 bits per heavy atom. The lowest BCUT2D eigenvalue weighted by Crippen LogP contribution is -2.42. The van der Waals surface area contributed by atoms with Crippen LogP contribution in [0.2, 0.25) is 0 Å². The van der Waals surface area contributed by atoms with Gasteiger partial charge in [0, 0.05) is 17.3 Å². The molecule has 3 nitrogen and oxygen atoms in total. The van der Waals surface area contributed by atoms with Gasteiger partial charge in [-0.1, -0.05) is 12.8 Å². The summed E-state index contributed by atoms with van der Waals surface area (Å²) in [6.07, 6.45) is 7.46. The standard InChI is InChI=1S/C13H24N2OS/c1-13(7-4-8-17-13)10-14-9-12(16)15-11-5-2-3-6-11/h11,14H,2-10H2,1H3,(H,15,16). The Bertz CT molecular complexity index is 258. The summed E-state index contributed by atoms with van der Waals surface area (Å²) in [6.45, 7) is 3.73. The summed E-state index contributed by atoms with van der Waals surface area (Å²) in [4.78, 5) is 11.7. The molecule has 1 atom stereocenters. The van der Waals surface area contributed by atoms with Crippen molar-refractivity contribution in [2.75, 3.05) is 18.8 Å². The Morgan fingerprint density at radius 1 is 1.35 bits per heavy atom. The van der Waals surface area contributed by atoms with Gasteiger partial charge in [0.05, 0.1) is 6.54 Å². The van der Waals surface area contributed by atoms with E-state index in [1.807, 2.05) is 11.8 Å². The van der Waals surface area contributed by atoms with E-state index in [9.17, 15) is 4.79 Å². The smallest absolute Gasteiger partial charge is 0.234 e. The van der Waals surface area contributed by atoms with Gasteiger partial charge in [0.1, 0.15) is 0 Å². The SMILES string of the molecule is CC1(CNCC(=O)NC2CCCC2)CCCS1. The van der Waals surface area contributed by atoms with E-state index < -0.39 is 0 Å². The van der Waals surface area contributed by atoms with Crippen LogP contribution in [0.5, 0.6) is 0 Å². The summed E-state index contributed by atoms with van der Waals surface area (Å²) in [6, 6.07) is 0.445. The molecule has 2 rings (SSSR count). The number of nitrogens with one attached hydrogen (secondary N) is 2. The van der Waals surface area contributed by atoms with Gasteiger partial charge in [-0.3, -0.25) is 4.79 Å². The third kappa shape index (κ3) is 4.18. The lowest BCUT2D eigenvalue weighted by atomic mass is 10.1. The van der Waals surface area contributed by atoms with Crippen molar-refractivity contribution in [3.05, 3.63) is 0 Å². The molecule has 0 aromatic heterocycles. The number of carbonyl (C=O) groups is 1. The van der Waals surface area contributed by atoms with Crippen molar-refractivity contribution >= 4 is 17.7 Å². The fraction of sp³-hybridized carbons (Fsp3) is 0.923. The second-order valence-electron chi connectivity index (χ2n) is 5.55. The van der Waals surface area contributed by atoms with E-state index in [0.717, 1.165) is 6.54 Å². The predicted octanol–water partition coefficient (Wildman–Crippen LogP) is 1.92. The molecule has 4 heteroatoms. The third-order valence-corrected chi connectivity index (χ3v) is 5.34. The lowest BCUT2D eigenvalue weighted by molar-refractivity contribution is -0.120. The van der Waals surface area contributed by atoms with Gasteiger partial charge >= 0.3 is 0 Å². The average molecular weight is 256 g/mol. The van der Waals surface area contributed by atoms with E-state index in [-0.39, 0.29) is 5.91 Å². The highest BCUT2D eigenvalue weighted by Crippen LogP contribution is 2.36. The molecule has 1 heterocycles. The molecule has 1 saturated heterocycles. The normalized spacial score (nSPS) is 29.7. The highest BCUT2D eigenvalue weighted by molar-refractivity contribution is 8.00. The van der Waals surface area contributed by atoms with Crippen molar-refractivity contribution in [2.45, 2.75) is 56.2 Å². The summed E-state index contributed by atoms with van der Waals surface area (Å²) in [7, 11) is 0. The van der Waals surface area contributed by atoms with Crippen LogP contribution in [-0.2, 0) is 4.79 Å². The van der Waals surface area contributed by atoms with E-state index in [2.05, 4.69) is 17.6 Å². The van der Waals surface area contributed by atoms with Crippen LogP contribution in [0, 0.1) is 0 Å². The van der Waals surface area contributed by atoms with Crippen LogP contribution in [0.3, 0.4) is 0 Å². The molecular weight excluding hydrogens is 232 g/mol. The molecular formula is C13H24N2OS. The Morgan fingerprint density at radius 3 is 2.76 bits per heavy atom. The monoisotopic (exact) mass is 256 g/mol. The predicted molar refractivity (Wildman–Crippen MR) is 73.4 cm³/mol. The minimum Gasteiger partial charge on any atom is -0.352 e. The first-order valence-electron chi connectivity index (χ1n) is 6.82. The van der Waals surface area contributed by atoms with Gasteiger partial charge in [0.2, 0.25) is 5.91 Å². The van der Waals surface area contributed by atoms with E-state index in [4.69, 9.17) is 0 Å². The zero-order valence-corrected chi connectivity index (χ0v) is 11.6. The summed E-state index contributed by atoms with van der Waals surface area (Å²) in [5.74, 6) is 1.44. The molecule has 0 spiro atoms. The van der Waals surface area contributed by atoms with E-state index in [1.165, 1.54) is 44.3 Å². The van der Waals surface area contributed by atoms with Gasteiger partial charge in [0.25, 0.3) is 0 Å². The van der Waals surface area contributed by atoms with E-state index in [1.54, 1.807) is 0 Å². The van der Waals surface area contributed by atoms with Gasteiger partial charge in [-0.2, -0.15) is 11.8 Å². The van der Waals surface area contributed by atoms with Crippen LogP contribution < -0.4 is 10.6 Å². The first-order chi connectivity index (χ1) is 8.18. The highest BCUT2D eigenvalue weighted by Gasteiger charge is 2.29. The topological polar surface area (TPSA) is 41.1 Å². The number of hydrogen-bond acceptors (Lipinski definition) is 3. The Labute approximate surface area is 108 Å². The van der Waals surface area contributed by atoms with E-state index in [0.29, 0.717) is 17.3 Å². The molecule has 1 amide bonds.